The molecular formula is C17H19F. The molecular weight excluding hydrogens is 223 g/mol. The minimum atomic E-state index is -0.139. The first-order chi connectivity index (χ1) is 8.63. The van der Waals surface area contributed by atoms with Gasteiger partial charge in [0.1, 0.15) is 5.82 Å². The van der Waals surface area contributed by atoms with Crippen LogP contribution in [0.1, 0.15) is 37.8 Å². The molecule has 0 aromatic heterocycles. The lowest BCUT2D eigenvalue weighted by Gasteiger charge is -2.12. The predicted molar refractivity (Wildman–Crippen MR) is 75.3 cm³/mol. The van der Waals surface area contributed by atoms with E-state index in [4.69, 9.17) is 0 Å². The van der Waals surface area contributed by atoms with Crippen LogP contribution in [0.2, 0.25) is 0 Å². The van der Waals surface area contributed by atoms with Gasteiger partial charge in [-0.15, -0.1) is 0 Å². The number of hydrogen-bond acceptors (Lipinski definition) is 0. The summed E-state index contributed by atoms with van der Waals surface area (Å²) in [6.07, 6.45) is 0.918. The number of rotatable bonds is 3. The predicted octanol–water partition coefficient (Wildman–Crippen LogP) is 5.18. The largest absolute Gasteiger partial charge is 0.206 e. The van der Waals surface area contributed by atoms with Crippen molar-refractivity contribution in [2.45, 2.75) is 33.1 Å². The van der Waals surface area contributed by atoms with Gasteiger partial charge in [-0.2, -0.15) is 0 Å². The van der Waals surface area contributed by atoms with Gasteiger partial charge in [0.2, 0.25) is 0 Å². The van der Waals surface area contributed by atoms with Gasteiger partial charge < -0.3 is 0 Å². The SMILES string of the molecule is CCc1ccccc1-c1cc(C(C)C)ccc1F. The Balaban J connectivity index is 2.59. The van der Waals surface area contributed by atoms with Crippen LogP contribution >= 0.6 is 0 Å². The molecule has 2 rings (SSSR count). The van der Waals surface area contributed by atoms with Crippen molar-refractivity contribution in [3.63, 3.8) is 0 Å². The molecule has 2 aromatic rings. The van der Waals surface area contributed by atoms with Crippen molar-refractivity contribution in [1.29, 1.82) is 0 Å². The number of benzene rings is 2. The van der Waals surface area contributed by atoms with Gasteiger partial charge >= 0.3 is 0 Å². The van der Waals surface area contributed by atoms with E-state index in [0.717, 1.165) is 17.5 Å². The quantitative estimate of drug-likeness (QED) is 0.695. The van der Waals surface area contributed by atoms with Crippen molar-refractivity contribution in [1.82, 2.24) is 0 Å². The van der Waals surface area contributed by atoms with Crippen LogP contribution in [0.4, 0.5) is 4.39 Å². The summed E-state index contributed by atoms with van der Waals surface area (Å²) >= 11 is 0. The highest BCUT2D eigenvalue weighted by Crippen LogP contribution is 2.29. The zero-order chi connectivity index (χ0) is 13.1. The molecule has 0 fully saturated rings. The van der Waals surface area contributed by atoms with Gasteiger partial charge in [-0.05, 0) is 41.2 Å². The lowest BCUT2D eigenvalue weighted by molar-refractivity contribution is 0.629. The fraction of sp³-hybridized carbons (Fsp3) is 0.294. The topological polar surface area (TPSA) is 0 Å². The molecule has 94 valence electrons. The minimum absolute atomic E-state index is 0.139. The molecule has 1 heteroatoms. The molecule has 0 radical (unpaired) electrons. The highest BCUT2D eigenvalue weighted by Gasteiger charge is 2.10. The summed E-state index contributed by atoms with van der Waals surface area (Å²) in [5.74, 6) is 0.276. The van der Waals surface area contributed by atoms with E-state index < -0.39 is 0 Å². The molecule has 0 aliphatic carbocycles. The number of halogens is 1. The van der Waals surface area contributed by atoms with Gasteiger partial charge in [0, 0.05) is 5.56 Å². The molecule has 0 nitrogen and oxygen atoms in total. The van der Waals surface area contributed by atoms with E-state index in [1.54, 1.807) is 6.07 Å². The van der Waals surface area contributed by atoms with Crippen LogP contribution in [-0.2, 0) is 6.42 Å². The van der Waals surface area contributed by atoms with E-state index in [1.807, 2.05) is 30.3 Å². The molecule has 0 unspecified atom stereocenters. The number of hydrogen-bond donors (Lipinski definition) is 0. The van der Waals surface area contributed by atoms with Crippen molar-refractivity contribution in [2.24, 2.45) is 0 Å². The van der Waals surface area contributed by atoms with Gasteiger partial charge in [0.15, 0.2) is 0 Å². The van der Waals surface area contributed by atoms with Crippen LogP contribution in [0.5, 0.6) is 0 Å². The van der Waals surface area contributed by atoms with Gasteiger partial charge in [0.05, 0.1) is 0 Å². The van der Waals surface area contributed by atoms with E-state index in [9.17, 15) is 4.39 Å². The van der Waals surface area contributed by atoms with Gasteiger partial charge in [-0.3, -0.25) is 0 Å². The van der Waals surface area contributed by atoms with Crippen LogP contribution in [-0.4, -0.2) is 0 Å². The fourth-order valence-corrected chi connectivity index (χ4v) is 2.20. The molecule has 2 aromatic carbocycles. The summed E-state index contributed by atoms with van der Waals surface area (Å²) in [5, 5.41) is 0. The molecule has 0 heterocycles. The lowest BCUT2D eigenvalue weighted by Crippen LogP contribution is -1.94. The Hall–Kier alpha value is -1.63. The molecule has 0 bridgehead atoms. The first-order valence-electron chi connectivity index (χ1n) is 6.51. The van der Waals surface area contributed by atoms with Crippen LogP contribution in [0, 0.1) is 5.82 Å². The maximum Gasteiger partial charge on any atom is 0.131 e. The fourth-order valence-electron chi connectivity index (χ4n) is 2.20. The van der Waals surface area contributed by atoms with Crippen molar-refractivity contribution in [3.8, 4) is 11.1 Å². The summed E-state index contributed by atoms with van der Waals surface area (Å²) in [7, 11) is 0. The summed E-state index contributed by atoms with van der Waals surface area (Å²) in [6.45, 7) is 6.36. The number of aryl methyl sites for hydroxylation is 1. The Morgan fingerprint density at radius 1 is 1.00 bits per heavy atom. The maximum absolute atomic E-state index is 14.0. The Labute approximate surface area is 108 Å². The summed E-state index contributed by atoms with van der Waals surface area (Å²) < 4.78 is 14.0. The average Bonchev–Trinajstić information content (AvgIpc) is 2.39. The maximum atomic E-state index is 14.0. The molecule has 0 spiro atoms. The Kier molecular flexibility index (Phi) is 3.81. The second kappa shape index (κ2) is 5.34. The van der Waals surface area contributed by atoms with Crippen molar-refractivity contribution < 1.29 is 4.39 Å². The first kappa shape index (κ1) is 12.8. The zero-order valence-electron chi connectivity index (χ0n) is 11.2. The Morgan fingerprint density at radius 2 is 1.72 bits per heavy atom. The van der Waals surface area contributed by atoms with Crippen LogP contribution < -0.4 is 0 Å². The molecule has 0 aliphatic heterocycles. The smallest absolute Gasteiger partial charge is 0.131 e. The minimum Gasteiger partial charge on any atom is -0.206 e. The second-order valence-corrected chi connectivity index (χ2v) is 4.90. The van der Waals surface area contributed by atoms with Gasteiger partial charge in [-0.1, -0.05) is 51.1 Å². The molecule has 0 saturated carbocycles. The molecule has 0 amide bonds. The average molecular weight is 242 g/mol. The highest BCUT2D eigenvalue weighted by molar-refractivity contribution is 5.68. The second-order valence-electron chi connectivity index (χ2n) is 4.90. The molecule has 0 N–H and O–H groups in total. The normalized spacial score (nSPS) is 10.9. The van der Waals surface area contributed by atoms with Crippen molar-refractivity contribution in [3.05, 3.63) is 59.4 Å². The third kappa shape index (κ3) is 2.45. The van der Waals surface area contributed by atoms with E-state index in [1.165, 1.54) is 11.1 Å². The Morgan fingerprint density at radius 3 is 2.39 bits per heavy atom. The van der Waals surface area contributed by atoms with Crippen LogP contribution in [0.15, 0.2) is 42.5 Å². The lowest BCUT2D eigenvalue weighted by atomic mass is 9.93. The van der Waals surface area contributed by atoms with Crippen LogP contribution in [0.25, 0.3) is 11.1 Å². The highest BCUT2D eigenvalue weighted by atomic mass is 19.1. The van der Waals surface area contributed by atoms with Crippen LogP contribution in [0.3, 0.4) is 0 Å². The zero-order valence-corrected chi connectivity index (χ0v) is 11.2. The summed E-state index contributed by atoms with van der Waals surface area (Å²) in [5.41, 5.74) is 4.10. The van der Waals surface area contributed by atoms with E-state index in [2.05, 4.69) is 26.8 Å². The van der Waals surface area contributed by atoms with Crippen molar-refractivity contribution >= 4 is 0 Å². The monoisotopic (exact) mass is 242 g/mol. The molecule has 0 atom stereocenters. The molecule has 0 saturated heterocycles. The summed E-state index contributed by atoms with van der Waals surface area (Å²) in [4.78, 5) is 0. The third-order valence-corrected chi connectivity index (χ3v) is 3.35. The first-order valence-corrected chi connectivity index (χ1v) is 6.51. The van der Waals surface area contributed by atoms with E-state index in [-0.39, 0.29) is 5.82 Å². The standard InChI is InChI=1S/C17H19F/c1-4-13-7-5-6-8-15(13)16-11-14(12(2)3)9-10-17(16)18/h5-12H,4H2,1-3H3. The third-order valence-electron chi connectivity index (χ3n) is 3.35. The molecule has 18 heavy (non-hydrogen) atoms. The van der Waals surface area contributed by atoms with Gasteiger partial charge in [0.25, 0.3) is 0 Å². The molecule has 0 aliphatic rings. The van der Waals surface area contributed by atoms with Crippen molar-refractivity contribution in [2.75, 3.05) is 0 Å². The van der Waals surface area contributed by atoms with E-state index >= 15 is 0 Å². The Bertz CT molecular complexity index is 541. The summed E-state index contributed by atoms with van der Waals surface area (Å²) in [6, 6.07) is 13.5. The van der Waals surface area contributed by atoms with E-state index in [0.29, 0.717) is 5.92 Å². The van der Waals surface area contributed by atoms with Gasteiger partial charge in [-0.25, -0.2) is 4.39 Å².